The molecule has 5 nitrogen and oxygen atoms in total. The number of aryl methyl sites for hydroxylation is 1. The number of piperidine rings is 1. The molecular weight excluding hydrogens is 326 g/mol. The SMILES string of the molecule is Cc1ccc2nc(C(=O)[C@@H]3OC4(CCNCC4)c4ccccc43)[nH]c2c1. The van der Waals surface area contributed by atoms with Crippen LogP contribution in [-0.2, 0) is 10.3 Å². The van der Waals surface area contributed by atoms with Gasteiger partial charge in [-0.1, -0.05) is 30.3 Å². The number of ether oxygens (including phenoxy) is 1. The number of rotatable bonds is 2. The summed E-state index contributed by atoms with van der Waals surface area (Å²) >= 11 is 0. The zero-order chi connectivity index (χ0) is 17.7. The largest absolute Gasteiger partial charge is 0.354 e. The van der Waals surface area contributed by atoms with Gasteiger partial charge in [0.05, 0.1) is 16.6 Å². The molecule has 2 N–H and O–H groups in total. The molecule has 5 heteroatoms. The Morgan fingerprint density at radius 1 is 1.19 bits per heavy atom. The summed E-state index contributed by atoms with van der Waals surface area (Å²) in [6.45, 7) is 3.83. The molecule has 1 atom stereocenters. The van der Waals surface area contributed by atoms with E-state index in [4.69, 9.17) is 4.74 Å². The molecular formula is C21H21N3O2. The first-order valence-corrected chi connectivity index (χ1v) is 9.15. The van der Waals surface area contributed by atoms with Gasteiger partial charge in [-0.25, -0.2) is 4.98 Å². The minimum absolute atomic E-state index is 0.0956. The minimum Gasteiger partial charge on any atom is -0.354 e. The van der Waals surface area contributed by atoms with E-state index in [0.29, 0.717) is 5.82 Å². The Morgan fingerprint density at radius 3 is 2.85 bits per heavy atom. The molecule has 0 bridgehead atoms. The molecule has 0 saturated carbocycles. The van der Waals surface area contributed by atoms with Crippen molar-refractivity contribution in [1.82, 2.24) is 15.3 Å². The molecule has 2 aliphatic heterocycles. The Kier molecular flexibility index (Phi) is 3.48. The number of H-pyrrole nitrogens is 1. The number of hydrogen-bond acceptors (Lipinski definition) is 4. The van der Waals surface area contributed by atoms with Crippen LogP contribution in [-0.4, -0.2) is 28.8 Å². The van der Waals surface area contributed by atoms with Crippen LogP contribution in [0.4, 0.5) is 0 Å². The first-order chi connectivity index (χ1) is 12.7. The van der Waals surface area contributed by atoms with Gasteiger partial charge in [0.1, 0.15) is 0 Å². The van der Waals surface area contributed by atoms with Crippen LogP contribution in [0, 0.1) is 6.92 Å². The van der Waals surface area contributed by atoms with Crippen molar-refractivity contribution in [1.29, 1.82) is 0 Å². The van der Waals surface area contributed by atoms with Crippen molar-refractivity contribution < 1.29 is 9.53 Å². The number of aromatic nitrogens is 2. The number of hydrogen-bond donors (Lipinski definition) is 2. The quantitative estimate of drug-likeness (QED) is 0.697. The predicted octanol–water partition coefficient (Wildman–Crippen LogP) is 3.40. The average Bonchev–Trinajstić information content (AvgIpc) is 3.22. The van der Waals surface area contributed by atoms with Gasteiger partial charge in [0.15, 0.2) is 11.9 Å². The maximum atomic E-state index is 13.3. The average molecular weight is 347 g/mol. The monoisotopic (exact) mass is 347 g/mol. The molecule has 1 spiro atoms. The third-order valence-electron chi connectivity index (χ3n) is 5.60. The molecule has 0 unspecified atom stereocenters. The molecule has 1 aromatic heterocycles. The summed E-state index contributed by atoms with van der Waals surface area (Å²) in [5.74, 6) is 0.276. The number of carbonyl (C=O) groups is 1. The molecule has 5 rings (SSSR count). The molecule has 1 fully saturated rings. The highest BCUT2D eigenvalue weighted by atomic mass is 16.5. The van der Waals surface area contributed by atoms with Gasteiger partial charge in [0.25, 0.3) is 0 Å². The lowest BCUT2D eigenvalue weighted by Gasteiger charge is -2.34. The lowest BCUT2D eigenvalue weighted by Crippen LogP contribution is -2.40. The van der Waals surface area contributed by atoms with E-state index >= 15 is 0 Å². The third kappa shape index (κ3) is 2.31. The topological polar surface area (TPSA) is 67.0 Å². The summed E-state index contributed by atoms with van der Waals surface area (Å²) in [4.78, 5) is 20.9. The van der Waals surface area contributed by atoms with Gasteiger partial charge in [-0.15, -0.1) is 0 Å². The fraction of sp³-hybridized carbons (Fsp3) is 0.333. The first-order valence-electron chi connectivity index (χ1n) is 9.15. The van der Waals surface area contributed by atoms with E-state index in [2.05, 4.69) is 21.4 Å². The van der Waals surface area contributed by atoms with E-state index in [9.17, 15) is 4.79 Å². The summed E-state index contributed by atoms with van der Waals surface area (Å²) in [5.41, 5.74) is 4.61. The van der Waals surface area contributed by atoms with E-state index in [-0.39, 0.29) is 11.4 Å². The number of ketones is 1. The Balaban J connectivity index is 1.55. The molecule has 132 valence electrons. The fourth-order valence-corrected chi connectivity index (χ4v) is 4.27. The fourth-order valence-electron chi connectivity index (χ4n) is 4.27. The van der Waals surface area contributed by atoms with E-state index in [1.54, 1.807) is 0 Å². The van der Waals surface area contributed by atoms with Crippen molar-refractivity contribution in [3.63, 3.8) is 0 Å². The third-order valence-corrected chi connectivity index (χ3v) is 5.60. The van der Waals surface area contributed by atoms with E-state index in [0.717, 1.165) is 53.7 Å². The predicted molar refractivity (Wildman–Crippen MR) is 99.2 cm³/mol. The molecule has 0 aliphatic carbocycles. The minimum atomic E-state index is -0.592. The molecule has 2 aliphatic rings. The summed E-state index contributed by atoms with van der Waals surface area (Å²) in [6.07, 6.45) is 1.17. The number of Topliss-reactive ketones (excluding diaryl/α,β-unsaturated/α-hetero) is 1. The molecule has 26 heavy (non-hydrogen) atoms. The van der Waals surface area contributed by atoms with Crippen LogP contribution in [0.25, 0.3) is 11.0 Å². The van der Waals surface area contributed by atoms with Crippen molar-refractivity contribution in [2.24, 2.45) is 0 Å². The number of carbonyl (C=O) groups excluding carboxylic acids is 1. The molecule has 1 saturated heterocycles. The lowest BCUT2D eigenvalue weighted by atomic mass is 9.84. The zero-order valence-electron chi connectivity index (χ0n) is 14.7. The van der Waals surface area contributed by atoms with Crippen molar-refractivity contribution in [3.05, 3.63) is 65.0 Å². The number of nitrogens with one attached hydrogen (secondary N) is 2. The van der Waals surface area contributed by atoms with Crippen LogP contribution in [0.1, 0.15) is 46.3 Å². The number of imidazole rings is 1. The highest BCUT2D eigenvalue weighted by molar-refractivity contribution is 6.00. The maximum absolute atomic E-state index is 13.3. The standard InChI is InChI=1S/C21H21N3O2/c1-13-6-7-16-17(12-13)24-20(23-16)18(25)19-14-4-2-3-5-15(14)21(26-19)8-10-22-11-9-21/h2-7,12,19,22H,8-11H2,1H3,(H,23,24)/t19-/m1/s1. The van der Waals surface area contributed by atoms with Crippen molar-refractivity contribution in [3.8, 4) is 0 Å². The lowest BCUT2D eigenvalue weighted by molar-refractivity contribution is -0.0808. The second kappa shape index (κ2) is 5.76. The van der Waals surface area contributed by atoms with Crippen LogP contribution < -0.4 is 5.32 Å². The van der Waals surface area contributed by atoms with Gasteiger partial charge in [0.2, 0.25) is 5.78 Å². The molecule has 0 radical (unpaired) electrons. The zero-order valence-corrected chi connectivity index (χ0v) is 14.7. The van der Waals surface area contributed by atoms with Gasteiger partial charge < -0.3 is 15.0 Å². The highest BCUT2D eigenvalue weighted by Gasteiger charge is 2.48. The first kappa shape index (κ1) is 15.7. The van der Waals surface area contributed by atoms with Gasteiger partial charge >= 0.3 is 0 Å². The number of fused-ring (bicyclic) bond motifs is 3. The molecule has 0 amide bonds. The van der Waals surface area contributed by atoms with Gasteiger partial charge in [-0.2, -0.15) is 0 Å². The smallest absolute Gasteiger partial charge is 0.231 e. The van der Waals surface area contributed by atoms with Crippen LogP contribution in [0.2, 0.25) is 0 Å². The Labute approximate surface area is 151 Å². The summed E-state index contributed by atoms with van der Waals surface area (Å²) in [6, 6.07) is 14.1. The second-order valence-electron chi connectivity index (χ2n) is 7.30. The summed E-state index contributed by atoms with van der Waals surface area (Å²) in [5, 5.41) is 3.38. The number of nitrogens with zero attached hydrogens (tertiary/aromatic N) is 1. The Hall–Kier alpha value is -2.50. The van der Waals surface area contributed by atoms with E-state index < -0.39 is 6.10 Å². The van der Waals surface area contributed by atoms with Gasteiger partial charge in [0, 0.05) is 0 Å². The Bertz CT molecular complexity index is 1000. The Morgan fingerprint density at radius 2 is 2.00 bits per heavy atom. The van der Waals surface area contributed by atoms with Gasteiger partial charge in [-0.3, -0.25) is 4.79 Å². The number of benzene rings is 2. The second-order valence-corrected chi connectivity index (χ2v) is 7.30. The van der Waals surface area contributed by atoms with Crippen molar-refractivity contribution >= 4 is 16.8 Å². The number of aromatic amines is 1. The van der Waals surface area contributed by atoms with Crippen LogP contribution >= 0.6 is 0 Å². The summed E-state index contributed by atoms with van der Waals surface area (Å²) in [7, 11) is 0. The maximum Gasteiger partial charge on any atom is 0.231 e. The molecule has 3 aromatic rings. The normalized spacial score (nSPS) is 21.2. The molecule has 3 heterocycles. The van der Waals surface area contributed by atoms with Crippen LogP contribution in [0.5, 0.6) is 0 Å². The van der Waals surface area contributed by atoms with Crippen molar-refractivity contribution in [2.45, 2.75) is 31.5 Å². The summed E-state index contributed by atoms with van der Waals surface area (Å²) < 4.78 is 6.45. The van der Waals surface area contributed by atoms with Crippen LogP contribution in [0.15, 0.2) is 42.5 Å². The van der Waals surface area contributed by atoms with E-state index in [1.165, 1.54) is 0 Å². The van der Waals surface area contributed by atoms with Crippen molar-refractivity contribution in [2.75, 3.05) is 13.1 Å². The van der Waals surface area contributed by atoms with E-state index in [1.807, 2.05) is 43.3 Å². The molecule has 2 aromatic carbocycles. The van der Waals surface area contributed by atoms with Gasteiger partial charge in [-0.05, 0) is 61.7 Å². The highest BCUT2D eigenvalue weighted by Crippen LogP contribution is 2.49. The van der Waals surface area contributed by atoms with Crippen LogP contribution in [0.3, 0.4) is 0 Å².